The van der Waals surface area contributed by atoms with Crippen molar-refractivity contribution in [3.63, 3.8) is 0 Å². The van der Waals surface area contributed by atoms with Crippen molar-refractivity contribution in [1.82, 2.24) is 5.32 Å². The summed E-state index contributed by atoms with van der Waals surface area (Å²) in [6.45, 7) is 0. The van der Waals surface area contributed by atoms with Gasteiger partial charge in [-0.1, -0.05) is 19.3 Å². The van der Waals surface area contributed by atoms with E-state index in [2.05, 4.69) is 5.32 Å². The van der Waals surface area contributed by atoms with Gasteiger partial charge in [0.1, 0.15) is 0 Å². The van der Waals surface area contributed by atoms with E-state index in [4.69, 9.17) is 10.8 Å². The lowest BCUT2D eigenvalue weighted by atomic mass is 9.78. The fourth-order valence-corrected chi connectivity index (χ4v) is 3.61. The van der Waals surface area contributed by atoms with E-state index in [1.807, 2.05) is 0 Å². The monoisotopic (exact) mass is 282 g/mol. The van der Waals surface area contributed by atoms with E-state index in [0.29, 0.717) is 0 Å². The van der Waals surface area contributed by atoms with Crippen LogP contribution >= 0.6 is 0 Å². The van der Waals surface area contributed by atoms with Crippen molar-refractivity contribution < 1.29 is 14.7 Å². The molecular formula is C15H26N2O3. The average molecular weight is 282 g/mol. The Kier molecular flexibility index (Phi) is 5.02. The maximum absolute atomic E-state index is 12.4. The molecule has 2 aliphatic carbocycles. The minimum absolute atomic E-state index is 0.0161. The van der Waals surface area contributed by atoms with Gasteiger partial charge in [0, 0.05) is 12.0 Å². The normalized spacial score (nSPS) is 29.6. The molecule has 5 nitrogen and oxygen atoms in total. The van der Waals surface area contributed by atoms with Gasteiger partial charge in [0.05, 0.1) is 12.0 Å². The van der Waals surface area contributed by atoms with Crippen molar-refractivity contribution in [2.45, 2.75) is 75.8 Å². The first-order valence-electron chi connectivity index (χ1n) is 7.80. The molecule has 0 heterocycles. The van der Waals surface area contributed by atoms with Crippen LogP contribution in [0.1, 0.15) is 64.2 Å². The molecule has 2 aliphatic rings. The first-order valence-corrected chi connectivity index (χ1v) is 7.80. The number of carboxylic acid groups (broad SMARTS) is 1. The molecule has 4 N–H and O–H groups in total. The zero-order valence-corrected chi connectivity index (χ0v) is 12.1. The molecule has 114 valence electrons. The summed E-state index contributed by atoms with van der Waals surface area (Å²) in [6.07, 6.45) is 8.21. The Morgan fingerprint density at radius 1 is 1.10 bits per heavy atom. The van der Waals surface area contributed by atoms with E-state index < -0.39 is 11.5 Å². The summed E-state index contributed by atoms with van der Waals surface area (Å²) in [7, 11) is 0. The Bertz CT molecular complexity index is 356. The van der Waals surface area contributed by atoms with Gasteiger partial charge in [0.15, 0.2) is 0 Å². The molecule has 0 aromatic rings. The second-order valence-electron chi connectivity index (χ2n) is 6.51. The lowest BCUT2D eigenvalue weighted by molar-refractivity contribution is -0.140. The summed E-state index contributed by atoms with van der Waals surface area (Å²) in [5, 5.41) is 12.2. The van der Waals surface area contributed by atoms with Gasteiger partial charge >= 0.3 is 5.97 Å². The Labute approximate surface area is 120 Å². The highest BCUT2D eigenvalue weighted by atomic mass is 16.4. The standard InChI is InChI=1S/C15H26N2O3/c16-12-6-4-11(5-7-12)14(20)17-15(10-13(18)19)8-2-1-3-9-15/h11-12H,1-10,16H2,(H,17,20)(H,18,19). The maximum Gasteiger partial charge on any atom is 0.305 e. The highest BCUT2D eigenvalue weighted by Gasteiger charge is 2.37. The fraction of sp³-hybridized carbons (Fsp3) is 0.867. The number of rotatable bonds is 4. The molecule has 2 saturated carbocycles. The van der Waals surface area contributed by atoms with Crippen molar-refractivity contribution in [3.05, 3.63) is 0 Å². The van der Waals surface area contributed by atoms with Crippen LogP contribution in [0.4, 0.5) is 0 Å². The van der Waals surface area contributed by atoms with Crippen LogP contribution in [0.5, 0.6) is 0 Å². The molecule has 0 atom stereocenters. The summed E-state index contributed by atoms with van der Waals surface area (Å²) >= 11 is 0. The molecule has 0 aromatic carbocycles. The number of carboxylic acids is 1. The number of nitrogens with two attached hydrogens (primary N) is 1. The number of hydrogen-bond acceptors (Lipinski definition) is 3. The van der Waals surface area contributed by atoms with Crippen LogP contribution < -0.4 is 11.1 Å². The zero-order valence-electron chi connectivity index (χ0n) is 12.1. The molecule has 0 radical (unpaired) electrons. The first kappa shape index (κ1) is 15.3. The zero-order chi connectivity index (χ0) is 14.6. The largest absolute Gasteiger partial charge is 0.481 e. The summed E-state index contributed by atoms with van der Waals surface area (Å²) in [5.41, 5.74) is 5.35. The van der Waals surface area contributed by atoms with Gasteiger partial charge in [-0.25, -0.2) is 0 Å². The summed E-state index contributed by atoms with van der Waals surface area (Å²) in [4.78, 5) is 23.5. The number of nitrogens with one attached hydrogen (secondary N) is 1. The van der Waals surface area contributed by atoms with Crippen LogP contribution in [-0.4, -0.2) is 28.6 Å². The molecular weight excluding hydrogens is 256 g/mol. The Hall–Kier alpha value is -1.10. The quantitative estimate of drug-likeness (QED) is 0.733. The highest BCUT2D eigenvalue weighted by molar-refractivity contribution is 5.80. The lowest BCUT2D eigenvalue weighted by Crippen LogP contribution is -2.53. The Morgan fingerprint density at radius 2 is 1.70 bits per heavy atom. The highest BCUT2D eigenvalue weighted by Crippen LogP contribution is 2.32. The Balaban J connectivity index is 1.96. The molecule has 2 fully saturated rings. The van der Waals surface area contributed by atoms with Crippen LogP contribution in [0, 0.1) is 5.92 Å². The van der Waals surface area contributed by atoms with Gasteiger partial charge in [-0.05, 0) is 38.5 Å². The third-order valence-corrected chi connectivity index (χ3v) is 4.83. The van der Waals surface area contributed by atoms with Crippen molar-refractivity contribution in [2.75, 3.05) is 0 Å². The van der Waals surface area contributed by atoms with Crippen LogP contribution in [-0.2, 0) is 9.59 Å². The smallest absolute Gasteiger partial charge is 0.305 e. The minimum atomic E-state index is -0.821. The molecule has 0 spiro atoms. The van der Waals surface area contributed by atoms with Crippen LogP contribution in [0.3, 0.4) is 0 Å². The Morgan fingerprint density at radius 3 is 2.25 bits per heavy atom. The number of aliphatic carboxylic acids is 1. The molecule has 20 heavy (non-hydrogen) atoms. The summed E-state index contributed by atoms with van der Waals surface area (Å²) in [5.74, 6) is -0.764. The van der Waals surface area contributed by atoms with E-state index in [1.54, 1.807) is 0 Å². The number of carbonyl (C=O) groups excluding carboxylic acids is 1. The van der Waals surface area contributed by atoms with Crippen LogP contribution in [0.15, 0.2) is 0 Å². The molecule has 0 saturated heterocycles. The predicted octanol–water partition coefficient (Wildman–Crippen LogP) is 1.80. The average Bonchev–Trinajstić information content (AvgIpc) is 2.39. The van der Waals surface area contributed by atoms with Gasteiger partial charge in [0.25, 0.3) is 0 Å². The number of amides is 1. The molecule has 1 amide bonds. The molecule has 0 bridgehead atoms. The number of hydrogen-bond donors (Lipinski definition) is 3. The van der Waals surface area contributed by atoms with Gasteiger partial charge in [-0.3, -0.25) is 9.59 Å². The fourth-order valence-electron chi connectivity index (χ4n) is 3.61. The minimum Gasteiger partial charge on any atom is -0.481 e. The molecule has 0 unspecified atom stereocenters. The summed E-state index contributed by atoms with van der Waals surface area (Å²) in [6, 6.07) is 0.224. The van der Waals surface area contributed by atoms with E-state index in [0.717, 1.165) is 57.8 Å². The number of carbonyl (C=O) groups is 2. The third-order valence-electron chi connectivity index (χ3n) is 4.83. The van der Waals surface area contributed by atoms with Crippen molar-refractivity contribution in [2.24, 2.45) is 11.7 Å². The van der Waals surface area contributed by atoms with Crippen LogP contribution in [0.25, 0.3) is 0 Å². The van der Waals surface area contributed by atoms with Crippen molar-refractivity contribution in [1.29, 1.82) is 0 Å². The lowest BCUT2D eigenvalue weighted by Gasteiger charge is -2.38. The topological polar surface area (TPSA) is 92.4 Å². The van der Waals surface area contributed by atoms with Crippen molar-refractivity contribution >= 4 is 11.9 Å². The van der Waals surface area contributed by atoms with E-state index in [9.17, 15) is 9.59 Å². The SMILES string of the molecule is NC1CCC(C(=O)NC2(CC(=O)O)CCCCC2)CC1. The van der Waals surface area contributed by atoms with Crippen LogP contribution in [0.2, 0.25) is 0 Å². The third kappa shape index (κ3) is 3.95. The van der Waals surface area contributed by atoms with Gasteiger partial charge in [0.2, 0.25) is 5.91 Å². The van der Waals surface area contributed by atoms with Gasteiger partial charge in [-0.15, -0.1) is 0 Å². The maximum atomic E-state index is 12.4. The molecule has 0 aromatic heterocycles. The van der Waals surface area contributed by atoms with E-state index >= 15 is 0 Å². The second kappa shape index (κ2) is 6.57. The molecule has 0 aliphatic heterocycles. The summed E-state index contributed by atoms with van der Waals surface area (Å²) < 4.78 is 0. The van der Waals surface area contributed by atoms with Gasteiger partial charge < -0.3 is 16.2 Å². The van der Waals surface area contributed by atoms with E-state index in [1.165, 1.54) is 0 Å². The second-order valence-corrected chi connectivity index (χ2v) is 6.51. The predicted molar refractivity (Wildman–Crippen MR) is 76.1 cm³/mol. The first-order chi connectivity index (χ1) is 9.51. The molecule has 2 rings (SSSR count). The molecule has 5 heteroatoms. The van der Waals surface area contributed by atoms with E-state index in [-0.39, 0.29) is 24.3 Å². The van der Waals surface area contributed by atoms with Crippen molar-refractivity contribution in [3.8, 4) is 0 Å². The van der Waals surface area contributed by atoms with Gasteiger partial charge in [-0.2, -0.15) is 0 Å².